The topological polar surface area (TPSA) is 68.0 Å². The van der Waals surface area contributed by atoms with Crippen LogP contribution in [0.4, 0.5) is 10.1 Å². The Balaban J connectivity index is 0.000000342. The molecule has 0 radical (unpaired) electrons. The Kier molecular flexibility index (Phi) is 8.27. The second-order valence-corrected chi connectivity index (χ2v) is 7.58. The van der Waals surface area contributed by atoms with Gasteiger partial charge in [0.1, 0.15) is 30.0 Å². The molecule has 1 fully saturated rings. The van der Waals surface area contributed by atoms with Crippen molar-refractivity contribution < 1.29 is 20.5 Å². The van der Waals surface area contributed by atoms with E-state index in [9.17, 15) is 9.60 Å². The Morgan fingerprint density at radius 1 is 1.00 bits per heavy atom. The summed E-state index contributed by atoms with van der Waals surface area (Å²) in [6.45, 7) is 3.63. The van der Waals surface area contributed by atoms with Gasteiger partial charge in [-0.1, -0.05) is 24.3 Å². The van der Waals surface area contributed by atoms with Gasteiger partial charge in [0, 0.05) is 20.2 Å². The maximum Gasteiger partial charge on any atom is 0.123 e. The number of hydrogen-bond donors (Lipinski definition) is 2. The number of nitrogens with zero attached hydrogens (tertiary/aromatic N) is 1. The summed E-state index contributed by atoms with van der Waals surface area (Å²) in [6, 6.07) is 21.6. The van der Waals surface area contributed by atoms with E-state index in [-0.39, 0.29) is 13.3 Å². The molecular formula is C25H31FN2O3. The van der Waals surface area contributed by atoms with Gasteiger partial charge in [0.15, 0.2) is 0 Å². The van der Waals surface area contributed by atoms with Gasteiger partial charge in [0.25, 0.3) is 0 Å². The van der Waals surface area contributed by atoms with Gasteiger partial charge < -0.3 is 20.4 Å². The minimum absolute atomic E-state index is 0. The third-order valence-electron chi connectivity index (χ3n) is 4.88. The Morgan fingerprint density at radius 3 is 2.29 bits per heavy atom. The van der Waals surface area contributed by atoms with Crippen LogP contribution in [0.1, 0.15) is 25.4 Å². The molecule has 0 aromatic heterocycles. The largest absolute Gasteiger partial charge is 0.490 e. The standard InChI is InChI=1S/C18H20FNO3.C7H9N.H2/c19-15-3-1-2-14(12-15)13-22-16-4-6-17(7-5-16)23-18-8-10-20(21)11-9-18;1-6-3-2-4-7(8)5-6;/h1-7,12,18,21H,8-11,13H2;2-5H,8H2,1H3;1H. The van der Waals surface area contributed by atoms with Gasteiger partial charge in [-0.05, 0) is 79.4 Å². The summed E-state index contributed by atoms with van der Waals surface area (Å²) in [5, 5.41) is 10.7. The first kappa shape index (κ1) is 22.6. The molecule has 1 heterocycles. The number of benzene rings is 3. The zero-order chi connectivity index (χ0) is 22.1. The number of aryl methyl sites for hydroxylation is 1. The molecule has 166 valence electrons. The molecule has 0 amide bonds. The summed E-state index contributed by atoms with van der Waals surface area (Å²) in [5.74, 6) is 1.25. The molecule has 0 unspecified atom stereocenters. The molecule has 0 bridgehead atoms. The molecule has 3 N–H and O–H groups in total. The molecule has 5 nitrogen and oxygen atoms in total. The van der Waals surface area contributed by atoms with Crippen molar-refractivity contribution in [2.45, 2.75) is 32.5 Å². The van der Waals surface area contributed by atoms with Crippen LogP contribution in [0.15, 0.2) is 72.8 Å². The molecule has 0 atom stereocenters. The molecule has 31 heavy (non-hydrogen) atoms. The predicted molar refractivity (Wildman–Crippen MR) is 122 cm³/mol. The lowest BCUT2D eigenvalue weighted by Crippen LogP contribution is -2.36. The van der Waals surface area contributed by atoms with Crippen LogP contribution in [0.2, 0.25) is 0 Å². The number of nitrogen functional groups attached to an aromatic ring is 1. The second-order valence-electron chi connectivity index (χ2n) is 7.58. The van der Waals surface area contributed by atoms with E-state index in [4.69, 9.17) is 15.2 Å². The highest BCUT2D eigenvalue weighted by Crippen LogP contribution is 2.22. The third-order valence-corrected chi connectivity index (χ3v) is 4.88. The van der Waals surface area contributed by atoms with Crippen LogP contribution in [0.5, 0.6) is 11.5 Å². The van der Waals surface area contributed by atoms with Crippen LogP contribution in [0.3, 0.4) is 0 Å². The lowest BCUT2D eigenvalue weighted by Gasteiger charge is -2.27. The zero-order valence-corrected chi connectivity index (χ0v) is 17.7. The van der Waals surface area contributed by atoms with Gasteiger partial charge >= 0.3 is 0 Å². The van der Waals surface area contributed by atoms with Crippen molar-refractivity contribution in [2.75, 3.05) is 18.8 Å². The van der Waals surface area contributed by atoms with Crippen molar-refractivity contribution in [3.8, 4) is 11.5 Å². The lowest BCUT2D eigenvalue weighted by molar-refractivity contribution is -0.118. The molecular weight excluding hydrogens is 395 g/mol. The second kappa shape index (κ2) is 11.3. The Hall–Kier alpha value is -3.09. The van der Waals surface area contributed by atoms with Crippen LogP contribution >= 0.6 is 0 Å². The smallest absolute Gasteiger partial charge is 0.123 e. The molecule has 0 aliphatic carbocycles. The van der Waals surface area contributed by atoms with E-state index in [1.807, 2.05) is 61.5 Å². The number of hydrogen-bond acceptors (Lipinski definition) is 5. The molecule has 6 heteroatoms. The Labute approximate surface area is 184 Å². The van der Waals surface area contributed by atoms with Crippen LogP contribution < -0.4 is 15.2 Å². The lowest BCUT2D eigenvalue weighted by atomic mass is 10.1. The fraction of sp³-hybridized carbons (Fsp3) is 0.280. The van der Waals surface area contributed by atoms with Crippen molar-refractivity contribution in [3.63, 3.8) is 0 Å². The average molecular weight is 427 g/mol. The van der Waals surface area contributed by atoms with Crippen molar-refractivity contribution in [1.29, 1.82) is 0 Å². The fourth-order valence-corrected chi connectivity index (χ4v) is 3.23. The summed E-state index contributed by atoms with van der Waals surface area (Å²) < 4.78 is 24.6. The number of halogens is 1. The maximum atomic E-state index is 13.1. The van der Waals surface area contributed by atoms with E-state index in [0.29, 0.717) is 25.4 Å². The molecule has 3 aromatic carbocycles. The van der Waals surface area contributed by atoms with Crippen LogP contribution in [0, 0.1) is 12.7 Å². The molecule has 4 rings (SSSR count). The van der Waals surface area contributed by atoms with Crippen molar-refractivity contribution in [1.82, 2.24) is 5.06 Å². The number of hydroxylamine groups is 2. The molecule has 3 aromatic rings. The highest BCUT2D eigenvalue weighted by atomic mass is 19.1. The van der Waals surface area contributed by atoms with Gasteiger partial charge in [-0.25, -0.2) is 4.39 Å². The Bertz CT molecular complexity index is 931. The van der Waals surface area contributed by atoms with E-state index in [1.165, 1.54) is 22.8 Å². The van der Waals surface area contributed by atoms with E-state index < -0.39 is 0 Å². The van der Waals surface area contributed by atoms with E-state index >= 15 is 0 Å². The molecule has 1 aliphatic heterocycles. The number of anilines is 1. The SMILES string of the molecule is Cc1cccc(N)c1.ON1CCC(Oc2ccc(OCc3cccc(F)c3)cc2)CC1.[HH]. The summed E-state index contributed by atoms with van der Waals surface area (Å²) in [7, 11) is 0. The number of piperidine rings is 1. The first-order chi connectivity index (χ1) is 15.0. The van der Waals surface area contributed by atoms with Gasteiger partial charge in [-0.3, -0.25) is 0 Å². The third kappa shape index (κ3) is 7.92. The molecule has 1 aliphatic rings. The van der Waals surface area contributed by atoms with E-state index in [0.717, 1.165) is 29.8 Å². The quantitative estimate of drug-likeness (QED) is 0.530. The van der Waals surface area contributed by atoms with Crippen molar-refractivity contribution >= 4 is 5.69 Å². The number of nitrogens with two attached hydrogens (primary N) is 1. The van der Waals surface area contributed by atoms with E-state index in [1.54, 1.807) is 6.07 Å². The molecule has 0 saturated carbocycles. The average Bonchev–Trinajstić information content (AvgIpc) is 2.75. The van der Waals surface area contributed by atoms with Crippen LogP contribution in [0.25, 0.3) is 0 Å². The number of rotatable bonds is 5. The summed E-state index contributed by atoms with van der Waals surface area (Å²) >= 11 is 0. The minimum Gasteiger partial charge on any atom is -0.490 e. The van der Waals surface area contributed by atoms with Crippen LogP contribution in [-0.2, 0) is 6.61 Å². The van der Waals surface area contributed by atoms with Gasteiger partial charge in [-0.2, -0.15) is 5.06 Å². The van der Waals surface area contributed by atoms with Crippen molar-refractivity contribution in [3.05, 3.63) is 89.7 Å². The predicted octanol–water partition coefficient (Wildman–Crippen LogP) is 5.46. The minimum atomic E-state index is -0.260. The monoisotopic (exact) mass is 426 g/mol. The first-order valence-corrected chi connectivity index (χ1v) is 10.4. The summed E-state index contributed by atoms with van der Waals surface area (Å²) in [6.07, 6.45) is 1.76. The fourth-order valence-electron chi connectivity index (χ4n) is 3.23. The van der Waals surface area contributed by atoms with Gasteiger partial charge in [0.05, 0.1) is 0 Å². The summed E-state index contributed by atoms with van der Waals surface area (Å²) in [5.41, 5.74) is 8.30. The Morgan fingerprint density at radius 2 is 1.68 bits per heavy atom. The van der Waals surface area contributed by atoms with Crippen LogP contribution in [-0.4, -0.2) is 29.5 Å². The normalized spacial score (nSPS) is 14.4. The maximum absolute atomic E-state index is 13.1. The highest BCUT2D eigenvalue weighted by Gasteiger charge is 2.19. The van der Waals surface area contributed by atoms with Gasteiger partial charge in [-0.15, -0.1) is 0 Å². The summed E-state index contributed by atoms with van der Waals surface area (Å²) in [4.78, 5) is 0. The van der Waals surface area contributed by atoms with E-state index in [2.05, 4.69) is 0 Å². The molecule has 1 saturated heterocycles. The zero-order valence-electron chi connectivity index (χ0n) is 17.7. The number of ether oxygens (including phenoxy) is 2. The van der Waals surface area contributed by atoms with Crippen molar-refractivity contribution in [2.24, 2.45) is 0 Å². The molecule has 0 spiro atoms. The first-order valence-electron chi connectivity index (χ1n) is 10.4. The van der Waals surface area contributed by atoms with Gasteiger partial charge in [0.2, 0.25) is 0 Å². The highest BCUT2D eigenvalue weighted by molar-refractivity contribution is 5.39.